The van der Waals surface area contributed by atoms with E-state index < -0.39 is 37.5 Å². The number of amides is 1. The molecule has 23 heavy (non-hydrogen) atoms. The van der Waals surface area contributed by atoms with Gasteiger partial charge in [-0.3, -0.25) is 9.36 Å². The molecule has 0 rings (SSSR count). The quantitative estimate of drug-likeness (QED) is 0.329. The van der Waals surface area contributed by atoms with Gasteiger partial charge >= 0.3 is 12.1 Å². The number of unbranched alkanes of at least 4 members (excludes halogenated alkanes) is 1. The highest BCUT2D eigenvalue weighted by Crippen LogP contribution is 2.46. The zero-order chi connectivity index (χ0) is 18.1. The Morgan fingerprint density at radius 1 is 1.26 bits per heavy atom. The SMILES string of the molecule is CCCCP(=O)(O)[C@H](O)CCNC(=O)OCOC(=O)C(C)(C)C. The van der Waals surface area contributed by atoms with Gasteiger partial charge in [0.05, 0.1) is 5.41 Å². The third-order valence-corrected chi connectivity index (χ3v) is 5.11. The van der Waals surface area contributed by atoms with Crippen LogP contribution in [0.3, 0.4) is 0 Å². The first kappa shape index (κ1) is 21.9. The molecule has 0 aromatic rings. The molecular formula is C14H28NO7P. The summed E-state index contributed by atoms with van der Waals surface area (Å²) >= 11 is 0. The van der Waals surface area contributed by atoms with Crippen LogP contribution in [0.15, 0.2) is 0 Å². The van der Waals surface area contributed by atoms with E-state index >= 15 is 0 Å². The summed E-state index contributed by atoms with van der Waals surface area (Å²) in [6.07, 6.45) is 0.473. The molecule has 0 saturated heterocycles. The summed E-state index contributed by atoms with van der Waals surface area (Å²) in [6, 6.07) is 0. The second kappa shape index (κ2) is 9.90. The van der Waals surface area contributed by atoms with E-state index in [1.807, 2.05) is 6.92 Å². The van der Waals surface area contributed by atoms with Crippen LogP contribution < -0.4 is 5.32 Å². The fourth-order valence-electron chi connectivity index (χ4n) is 1.44. The lowest BCUT2D eigenvalue weighted by atomic mass is 9.98. The van der Waals surface area contributed by atoms with E-state index in [4.69, 9.17) is 4.74 Å². The van der Waals surface area contributed by atoms with E-state index in [-0.39, 0.29) is 19.1 Å². The lowest BCUT2D eigenvalue weighted by molar-refractivity contribution is -0.161. The van der Waals surface area contributed by atoms with Gasteiger partial charge in [0, 0.05) is 19.1 Å². The fourth-order valence-corrected chi connectivity index (χ4v) is 3.04. The van der Waals surface area contributed by atoms with Crippen LogP contribution >= 0.6 is 7.37 Å². The number of carbonyl (C=O) groups excluding carboxylic acids is 2. The predicted molar refractivity (Wildman–Crippen MR) is 85.1 cm³/mol. The van der Waals surface area contributed by atoms with Gasteiger partial charge < -0.3 is 24.8 Å². The van der Waals surface area contributed by atoms with E-state index in [0.29, 0.717) is 6.42 Å². The molecule has 0 bridgehead atoms. The number of aliphatic hydroxyl groups excluding tert-OH is 1. The van der Waals surface area contributed by atoms with Crippen molar-refractivity contribution in [2.45, 2.75) is 52.8 Å². The Kier molecular flexibility index (Phi) is 9.42. The number of hydrogen-bond donors (Lipinski definition) is 3. The molecule has 0 radical (unpaired) electrons. The first-order valence-electron chi connectivity index (χ1n) is 7.58. The van der Waals surface area contributed by atoms with E-state index in [0.717, 1.165) is 6.42 Å². The minimum atomic E-state index is -3.62. The first-order valence-corrected chi connectivity index (χ1v) is 9.49. The van der Waals surface area contributed by atoms with Crippen LogP contribution in [0.1, 0.15) is 47.0 Å². The highest BCUT2D eigenvalue weighted by atomic mass is 31.2. The number of hydrogen-bond acceptors (Lipinski definition) is 6. The summed E-state index contributed by atoms with van der Waals surface area (Å²) < 4.78 is 21.2. The van der Waals surface area contributed by atoms with Crippen LogP contribution in [0.25, 0.3) is 0 Å². The molecule has 0 spiro atoms. The highest BCUT2D eigenvalue weighted by Gasteiger charge is 2.28. The lowest BCUT2D eigenvalue weighted by Gasteiger charge is -2.18. The molecule has 0 saturated carbocycles. The largest absolute Gasteiger partial charge is 0.427 e. The normalized spacial score (nSPS) is 15.4. The van der Waals surface area contributed by atoms with Crippen molar-refractivity contribution in [3.63, 3.8) is 0 Å². The molecule has 0 aromatic heterocycles. The Morgan fingerprint density at radius 3 is 2.39 bits per heavy atom. The van der Waals surface area contributed by atoms with Gasteiger partial charge in [-0.05, 0) is 27.2 Å². The van der Waals surface area contributed by atoms with Gasteiger partial charge in [0.25, 0.3) is 0 Å². The number of rotatable bonds is 9. The summed E-state index contributed by atoms with van der Waals surface area (Å²) in [5, 5.41) is 12.0. The van der Waals surface area contributed by atoms with Crippen molar-refractivity contribution in [2.24, 2.45) is 5.41 Å². The average molecular weight is 353 g/mol. The van der Waals surface area contributed by atoms with E-state index in [1.54, 1.807) is 20.8 Å². The van der Waals surface area contributed by atoms with Crippen molar-refractivity contribution in [1.29, 1.82) is 0 Å². The van der Waals surface area contributed by atoms with Crippen molar-refractivity contribution in [2.75, 3.05) is 19.5 Å². The average Bonchev–Trinajstić information content (AvgIpc) is 2.43. The first-order chi connectivity index (χ1) is 10.5. The zero-order valence-corrected chi connectivity index (χ0v) is 15.1. The maximum Gasteiger partial charge on any atom is 0.410 e. The number of nitrogens with one attached hydrogen (secondary N) is 1. The molecule has 0 aliphatic heterocycles. The van der Waals surface area contributed by atoms with Crippen LogP contribution in [-0.2, 0) is 18.8 Å². The van der Waals surface area contributed by atoms with Crippen molar-refractivity contribution < 1.29 is 33.6 Å². The Balaban J connectivity index is 3.94. The van der Waals surface area contributed by atoms with Gasteiger partial charge in [-0.15, -0.1) is 0 Å². The summed E-state index contributed by atoms with van der Waals surface area (Å²) in [5.41, 5.74) is -0.690. The molecule has 1 amide bonds. The molecule has 136 valence electrons. The van der Waals surface area contributed by atoms with Crippen LogP contribution in [0.4, 0.5) is 4.79 Å². The monoisotopic (exact) mass is 353 g/mol. The van der Waals surface area contributed by atoms with Crippen molar-refractivity contribution in [1.82, 2.24) is 5.32 Å². The molecule has 0 aliphatic rings. The van der Waals surface area contributed by atoms with Gasteiger partial charge in [-0.1, -0.05) is 13.3 Å². The number of alkyl carbamates (subject to hydrolysis) is 1. The second-order valence-corrected chi connectivity index (χ2v) is 8.81. The Bertz CT molecular complexity index is 433. The van der Waals surface area contributed by atoms with Gasteiger partial charge in [0.15, 0.2) is 0 Å². The summed E-state index contributed by atoms with van der Waals surface area (Å²) in [5.74, 6) is -1.88. The topological polar surface area (TPSA) is 122 Å². The maximum atomic E-state index is 11.8. The molecule has 8 nitrogen and oxygen atoms in total. The van der Waals surface area contributed by atoms with Crippen molar-refractivity contribution in [3.8, 4) is 0 Å². The maximum absolute atomic E-state index is 11.8. The van der Waals surface area contributed by atoms with Gasteiger partial charge in [0.2, 0.25) is 14.2 Å². The standard InChI is InChI=1S/C14H28NO7P/c1-5-6-9-23(19,20)11(16)7-8-15-13(18)22-10-21-12(17)14(2,3)4/h11,16H,5-10H2,1-4H3,(H,15,18)(H,19,20)/t11-/m0/s1. The number of ether oxygens (including phenoxy) is 2. The van der Waals surface area contributed by atoms with Crippen molar-refractivity contribution in [3.05, 3.63) is 0 Å². The summed E-state index contributed by atoms with van der Waals surface area (Å²) in [4.78, 5) is 32.4. The third kappa shape index (κ3) is 9.58. The molecule has 9 heteroatoms. The molecule has 0 aromatic carbocycles. The molecule has 0 aliphatic carbocycles. The Hall–Kier alpha value is -1.11. The Morgan fingerprint density at radius 2 is 1.87 bits per heavy atom. The molecule has 0 heterocycles. The molecule has 3 N–H and O–H groups in total. The van der Waals surface area contributed by atoms with E-state index in [9.17, 15) is 24.2 Å². The van der Waals surface area contributed by atoms with Crippen LogP contribution in [0.5, 0.6) is 0 Å². The number of esters is 1. The number of carbonyl (C=O) groups is 2. The van der Waals surface area contributed by atoms with Gasteiger partial charge in [-0.25, -0.2) is 4.79 Å². The lowest BCUT2D eigenvalue weighted by Crippen LogP contribution is -2.30. The molecule has 2 atom stereocenters. The highest BCUT2D eigenvalue weighted by molar-refractivity contribution is 7.58. The van der Waals surface area contributed by atoms with Gasteiger partial charge in [-0.2, -0.15) is 0 Å². The van der Waals surface area contributed by atoms with E-state index in [1.165, 1.54) is 0 Å². The summed E-state index contributed by atoms with van der Waals surface area (Å²) in [6.45, 7) is 6.35. The summed E-state index contributed by atoms with van der Waals surface area (Å²) in [7, 11) is -3.62. The molecule has 1 unspecified atom stereocenters. The number of aliphatic hydroxyl groups is 1. The third-order valence-electron chi connectivity index (χ3n) is 2.96. The van der Waals surface area contributed by atoms with Crippen LogP contribution in [-0.4, -0.2) is 47.4 Å². The molecular weight excluding hydrogens is 325 g/mol. The molecule has 0 fully saturated rings. The zero-order valence-electron chi connectivity index (χ0n) is 14.2. The minimum absolute atomic E-state index is 0.0239. The predicted octanol–water partition coefficient (Wildman–Crippen LogP) is 2.04. The second-order valence-electron chi connectivity index (χ2n) is 6.26. The van der Waals surface area contributed by atoms with E-state index in [2.05, 4.69) is 10.1 Å². The Labute approximate surface area is 137 Å². The fraction of sp³-hybridized carbons (Fsp3) is 0.857. The van der Waals surface area contributed by atoms with Crippen LogP contribution in [0, 0.1) is 5.41 Å². The van der Waals surface area contributed by atoms with Crippen molar-refractivity contribution >= 4 is 19.4 Å². The minimum Gasteiger partial charge on any atom is -0.427 e. The van der Waals surface area contributed by atoms with Gasteiger partial charge in [0.1, 0.15) is 5.85 Å². The smallest absolute Gasteiger partial charge is 0.410 e. The van der Waals surface area contributed by atoms with Crippen LogP contribution in [0.2, 0.25) is 0 Å².